The Bertz CT molecular complexity index is 145. The number of aliphatic hydroxyl groups is 4. The molecule has 92 valence electrons. The van der Waals surface area contributed by atoms with E-state index in [0.29, 0.717) is 0 Å². The molecule has 5 atom stereocenters. The molecule has 0 saturated carbocycles. The molecular weight excluding hydrogens is 204 g/mol. The summed E-state index contributed by atoms with van der Waals surface area (Å²) in [5.41, 5.74) is 0. The van der Waals surface area contributed by atoms with Gasteiger partial charge in [-0.15, -0.1) is 0 Å². The van der Waals surface area contributed by atoms with E-state index in [1.54, 1.807) is 0 Å². The third kappa shape index (κ3) is 3.37. The summed E-state index contributed by atoms with van der Waals surface area (Å²) in [7, 11) is 1.30. The van der Waals surface area contributed by atoms with Crippen LogP contribution in [-0.2, 0) is 9.47 Å². The Morgan fingerprint density at radius 2 is 1.60 bits per heavy atom. The van der Waals surface area contributed by atoms with Crippen molar-refractivity contribution in [2.24, 2.45) is 0 Å². The fourth-order valence-electron chi connectivity index (χ4n) is 1.26. The van der Waals surface area contributed by atoms with E-state index in [1.165, 1.54) is 7.11 Å². The van der Waals surface area contributed by atoms with Gasteiger partial charge in [-0.25, -0.2) is 0 Å². The van der Waals surface area contributed by atoms with Crippen molar-refractivity contribution < 1.29 is 29.9 Å². The third-order valence-electron chi connectivity index (χ3n) is 2.08. The number of rotatable bonds is 2. The first-order valence-electron chi connectivity index (χ1n) is 4.95. The molecule has 0 aromatic carbocycles. The minimum Gasteiger partial charge on any atom is -0.394 e. The van der Waals surface area contributed by atoms with Crippen LogP contribution in [0.1, 0.15) is 13.8 Å². The van der Waals surface area contributed by atoms with Gasteiger partial charge in [-0.3, -0.25) is 0 Å². The Labute approximate surface area is 89.1 Å². The van der Waals surface area contributed by atoms with Gasteiger partial charge < -0.3 is 29.9 Å². The highest BCUT2D eigenvalue weighted by Gasteiger charge is 2.43. The maximum Gasteiger partial charge on any atom is 0.186 e. The second kappa shape index (κ2) is 7.10. The third-order valence-corrected chi connectivity index (χ3v) is 2.08. The molecule has 0 aromatic rings. The van der Waals surface area contributed by atoms with Crippen LogP contribution in [0.25, 0.3) is 0 Å². The van der Waals surface area contributed by atoms with Crippen molar-refractivity contribution in [2.75, 3.05) is 13.7 Å². The molecule has 1 aliphatic rings. The topological polar surface area (TPSA) is 99.4 Å². The van der Waals surface area contributed by atoms with Crippen LogP contribution < -0.4 is 0 Å². The first-order chi connectivity index (χ1) is 7.11. The van der Waals surface area contributed by atoms with Crippen molar-refractivity contribution in [3.63, 3.8) is 0 Å². The normalized spacial score (nSPS) is 40.6. The van der Waals surface area contributed by atoms with E-state index in [4.69, 9.17) is 14.6 Å². The van der Waals surface area contributed by atoms with E-state index in [2.05, 4.69) is 0 Å². The molecule has 1 aliphatic heterocycles. The summed E-state index contributed by atoms with van der Waals surface area (Å²) in [6, 6.07) is 0. The van der Waals surface area contributed by atoms with Crippen molar-refractivity contribution in [3.8, 4) is 0 Å². The largest absolute Gasteiger partial charge is 0.394 e. The maximum absolute atomic E-state index is 9.28. The van der Waals surface area contributed by atoms with E-state index in [1.807, 2.05) is 13.8 Å². The fraction of sp³-hybridized carbons (Fsp3) is 1.00. The molecule has 0 radical (unpaired) electrons. The molecule has 15 heavy (non-hydrogen) atoms. The summed E-state index contributed by atoms with van der Waals surface area (Å²) in [6.45, 7) is 3.56. The highest BCUT2D eigenvalue weighted by molar-refractivity contribution is 4.88. The zero-order valence-electron chi connectivity index (χ0n) is 9.20. The number of aliphatic hydroxyl groups excluding tert-OH is 4. The summed E-state index contributed by atoms with van der Waals surface area (Å²) in [5.74, 6) is 0. The number of ether oxygens (including phenoxy) is 2. The first kappa shape index (κ1) is 14.8. The Kier molecular flexibility index (Phi) is 6.99. The molecule has 0 amide bonds. The number of methoxy groups -OCH3 is 1. The lowest BCUT2D eigenvalue weighted by atomic mass is 9.99. The quantitative estimate of drug-likeness (QED) is 0.453. The van der Waals surface area contributed by atoms with Crippen molar-refractivity contribution in [1.29, 1.82) is 0 Å². The van der Waals surface area contributed by atoms with Gasteiger partial charge in [-0.05, 0) is 0 Å². The van der Waals surface area contributed by atoms with Crippen LogP contribution in [0, 0.1) is 0 Å². The van der Waals surface area contributed by atoms with Crippen molar-refractivity contribution in [2.45, 2.75) is 44.6 Å². The summed E-state index contributed by atoms with van der Waals surface area (Å²) in [4.78, 5) is 0. The summed E-state index contributed by atoms with van der Waals surface area (Å²) in [5, 5.41) is 36.6. The molecule has 0 aliphatic carbocycles. The van der Waals surface area contributed by atoms with Gasteiger partial charge in [0.25, 0.3) is 0 Å². The lowest BCUT2D eigenvalue weighted by molar-refractivity contribution is -0.294. The Hall–Kier alpha value is -0.240. The van der Waals surface area contributed by atoms with Crippen LogP contribution in [-0.4, -0.2) is 64.8 Å². The van der Waals surface area contributed by atoms with Gasteiger partial charge in [-0.2, -0.15) is 0 Å². The van der Waals surface area contributed by atoms with Crippen molar-refractivity contribution >= 4 is 0 Å². The summed E-state index contributed by atoms with van der Waals surface area (Å²) >= 11 is 0. The van der Waals surface area contributed by atoms with E-state index in [0.717, 1.165) is 0 Å². The molecule has 0 bridgehead atoms. The number of hydrogen-bond donors (Lipinski definition) is 4. The maximum atomic E-state index is 9.28. The lowest BCUT2D eigenvalue weighted by Crippen LogP contribution is -2.58. The Morgan fingerprint density at radius 3 is 2.00 bits per heavy atom. The van der Waals surface area contributed by atoms with Crippen molar-refractivity contribution in [1.82, 2.24) is 0 Å². The second-order valence-electron chi connectivity index (χ2n) is 2.93. The molecule has 0 aromatic heterocycles. The van der Waals surface area contributed by atoms with Gasteiger partial charge in [0, 0.05) is 7.11 Å². The smallest absolute Gasteiger partial charge is 0.186 e. The van der Waals surface area contributed by atoms with Crippen LogP contribution in [0.4, 0.5) is 0 Å². The van der Waals surface area contributed by atoms with Gasteiger partial charge in [0.2, 0.25) is 0 Å². The Balaban J connectivity index is 0.000000921. The molecule has 1 unspecified atom stereocenters. The second-order valence-corrected chi connectivity index (χ2v) is 2.93. The Morgan fingerprint density at radius 1 is 1.07 bits per heavy atom. The van der Waals surface area contributed by atoms with E-state index < -0.39 is 37.3 Å². The van der Waals surface area contributed by atoms with E-state index >= 15 is 0 Å². The van der Waals surface area contributed by atoms with Crippen LogP contribution >= 0.6 is 0 Å². The highest BCUT2D eigenvalue weighted by atomic mass is 16.7. The SMILES string of the molecule is CC.COC1O[C@H](CO)[C@@H](O)[C@H](O)[C@H]1O. The molecule has 4 N–H and O–H groups in total. The van der Waals surface area contributed by atoms with Crippen LogP contribution in [0.15, 0.2) is 0 Å². The van der Waals surface area contributed by atoms with Crippen LogP contribution in [0.5, 0.6) is 0 Å². The predicted molar refractivity (Wildman–Crippen MR) is 52.1 cm³/mol. The average molecular weight is 224 g/mol. The molecule has 6 nitrogen and oxygen atoms in total. The monoisotopic (exact) mass is 224 g/mol. The minimum absolute atomic E-state index is 0.440. The fourth-order valence-corrected chi connectivity index (χ4v) is 1.26. The zero-order chi connectivity index (χ0) is 12.0. The average Bonchev–Trinajstić information content (AvgIpc) is 2.29. The van der Waals surface area contributed by atoms with Gasteiger partial charge in [0.05, 0.1) is 6.61 Å². The molecule has 1 saturated heterocycles. The predicted octanol–water partition coefficient (Wildman–Crippen LogP) is -1.54. The van der Waals surface area contributed by atoms with Gasteiger partial charge in [0.1, 0.15) is 24.4 Å². The lowest BCUT2D eigenvalue weighted by Gasteiger charge is -2.38. The van der Waals surface area contributed by atoms with Gasteiger partial charge in [-0.1, -0.05) is 13.8 Å². The highest BCUT2D eigenvalue weighted by Crippen LogP contribution is 2.20. The summed E-state index contributed by atoms with van der Waals surface area (Å²) in [6.07, 6.45) is -5.91. The molecule has 1 rings (SSSR count). The van der Waals surface area contributed by atoms with Gasteiger partial charge in [0.15, 0.2) is 6.29 Å². The standard InChI is InChI=1S/C7H14O6.C2H6/c1-12-7-6(11)5(10)4(9)3(2-8)13-7;1-2/h3-11H,2H2,1H3;1-2H3/t3-,4-,5+,6-,7?;/m1./s1. The molecule has 6 heteroatoms. The molecule has 1 heterocycles. The van der Waals surface area contributed by atoms with Crippen molar-refractivity contribution in [3.05, 3.63) is 0 Å². The first-order valence-corrected chi connectivity index (χ1v) is 4.95. The molecule has 1 fully saturated rings. The van der Waals surface area contributed by atoms with E-state index in [9.17, 15) is 15.3 Å². The number of hydrogen-bond acceptors (Lipinski definition) is 6. The summed E-state index contributed by atoms with van der Waals surface area (Å²) < 4.78 is 9.65. The zero-order valence-corrected chi connectivity index (χ0v) is 9.20. The van der Waals surface area contributed by atoms with E-state index in [-0.39, 0.29) is 0 Å². The molecular formula is C9H20O6. The van der Waals surface area contributed by atoms with Crippen LogP contribution in [0.2, 0.25) is 0 Å². The molecule has 0 spiro atoms. The van der Waals surface area contributed by atoms with Crippen LogP contribution in [0.3, 0.4) is 0 Å². The minimum atomic E-state index is -1.36. The van der Waals surface area contributed by atoms with Gasteiger partial charge >= 0.3 is 0 Å².